The van der Waals surface area contributed by atoms with Crippen LogP contribution < -0.4 is 4.74 Å². The number of aromatic nitrogens is 2. The monoisotopic (exact) mass is 728 g/mol. The van der Waals surface area contributed by atoms with Crippen LogP contribution in [0, 0.1) is 6.92 Å². The van der Waals surface area contributed by atoms with E-state index in [0.717, 1.165) is 56.3 Å². The molecule has 8 aromatic carbocycles. The van der Waals surface area contributed by atoms with Gasteiger partial charge in [-0.25, -0.2) is 9.97 Å². The highest BCUT2D eigenvalue weighted by molar-refractivity contribution is 5.89. The Hall–Kier alpha value is -7.36. The lowest BCUT2D eigenvalue weighted by molar-refractivity contribution is 0.436. The third-order valence-electron chi connectivity index (χ3n) is 11.7. The Morgan fingerprint density at radius 2 is 0.877 bits per heavy atom. The highest BCUT2D eigenvalue weighted by Crippen LogP contribution is 2.62. The number of hydrogen-bond donors (Lipinski definition) is 0. The minimum absolute atomic E-state index is 0.493. The van der Waals surface area contributed by atoms with Gasteiger partial charge in [-0.15, -0.1) is 0 Å². The second-order valence-corrected chi connectivity index (χ2v) is 15.0. The van der Waals surface area contributed by atoms with Gasteiger partial charge in [0.05, 0.1) is 16.8 Å². The third-order valence-corrected chi connectivity index (χ3v) is 11.7. The first-order valence-electron chi connectivity index (χ1n) is 19.5. The molecule has 0 saturated heterocycles. The second-order valence-electron chi connectivity index (χ2n) is 15.0. The lowest BCUT2D eigenvalue weighted by Gasteiger charge is -2.39. The number of aryl methyl sites for hydroxylation is 1. The van der Waals surface area contributed by atoms with E-state index in [1.165, 1.54) is 44.5 Å². The van der Waals surface area contributed by atoms with E-state index in [0.29, 0.717) is 5.82 Å². The summed E-state index contributed by atoms with van der Waals surface area (Å²) in [5, 5.41) is 0. The predicted molar refractivity (Wildman–Crippen MR) is 231 cm³/mol. The van der Waals surface area contributed by atoms with Crippen LogP contribution in [0.3, 0.4) is 0 Å². The Bertz CT molecular complexity index is 2880. The molecule has 3 nitrogen and oxygen atoms in total. The first kappa shape index (κ1) is 33.0. The van der Waals surface area contributed by atoms with Gasteiger partial charge in [0, 0.05) is 27.8 Å². The fourth-order valence-corrected chi connectivity index (χ4v) is 9.04. The van der Waals surface area contributed by atoms with E-state index in [4.69, 9.17) is 14.7 Å². The lowest BCUT2D eigenvalue weighted by atomic mass is 9.66. The highest BCUT2D eigenvalue weighted by Gasteiger charge is 2.51. The third kappa shape index (κ3) is 5.27. The number of nitrogens with zero attached hydrogens (tertiary/aromatic N) is 2. The fraction of sp³-hybridized carbons (Fsp3) is 0.0370. The van der Waals surface area contributed by atoms with Crippen molar-refractivity contribution in [3.8, 4) is 78.8 Å². The molecule has 1 spiro atoms. The van der Waals surface area contributed by atoms with E-state index in [1.807, 2.05) is 24.3 Å². The van der Waals surface area contributed by atoms with Crippen molar-refractivity contribution in [1.29, 1.82) is 0 Å². The van der Waals surface area contributed by atoms with Gasteiger partial charge in [0.25, 0.3) is 0 Å². The molecule has 11 rings (SSSR count). The number of hydrogen-bond acceptors (Lipinski definition) is 3. The van der Waals surface area contributed by atoms with Gasteiger partial charge in [-0.2, -0.15) is 0 Å². The number of rotatable bonds is 5. The smallest absolute Gasteiger partial charge is 0.160 e. The fourth-order valence-electron chi connectivity index (χ4n) is 9.04. The van der Waals surface area contributed by atoms with Gasteiger partial charge in [-0.1, -0.05) is 170 Å². The van der Waals surface area contributed by atoms with Gasteiger partial charge in [-0.05, 0) is 87.3 Å². The molecule has 2 heterocycles. The van der Waals surface area contributed by atoms with Crippen LogP contribution in [0.4, 0.5) is 0 Å². The minimum atomic E-state index is -0.493. The maximum atomic E-state index is 6.68. The summed E-state index contributed by atoms with van der Waals surface area (Å²) in [5.74, 6) is 2.51. The molecular weight excluding hydrogens is 693 g/mol. The second kappa shape index (κ2) is 13.1. The molecule has 268 valence electrons. The van der Waals surface area contributed by atoms with Crippen LogP contribution >= 0.6 is 0 Å². The largest absolute Gasteiger partial charge is 0.457 e. The Kier molecular flexibility index (Phi) is 7.61. The molecule has 9 aromatic rings. The van der Waals surface area contributed by atoms with E-state index >= 15 is 0 Å². The lowest BCUT2D eigenvalue weighted by Crippen LogP contribution is -2.32. The molecule has 0 bridgehead atoms. The van der Waals surface area contributed by atoms with Crippen molar-refractivity contribution in [2.45, 2.75) is 12.3 Å². The summed E-state index contributed by atoms with van der Waals surface area (Å²) in [7, 11) is 0. The van der Waals surface area contributed by atoms with E-state index in [-0.39, 0.29) is 0 Å². The predicted octanol–water partition coefficient (Wildman–Crippen LogP) is 13.6. The van der Waals surface area contributed by atoms with E-state index in [1.54, 1.807) is 0 Å². The van der Waals surface area contributed by atoms with Crippen LogP contribution in [0.25, 0.3) is 67.3 Å². The molecule has 3 heteroatoms. The molecule has 0 fully saturated rings. The summed E-state index contributed by atoms with van der Waals surface area (Å²) < 4.78 is 6.68. The van der Waals surface area contributed by atoms with Crippen molar-refractivity contribution in [3.05, 3.63) is 228 Å². The van der Waals surface area contributed by atoms with Crippen LogP contribution in [-0.2, 0) is 5.41 Å². The van der Waals surface area contributed by atoms with Crippen LogP contribution in [-0.4, -0.2) is 9.97 Å². The van der Waals surface area contributed by atoms with Crippen molar-refractivity contribution in [2.75, 3.05) is 0 Å². The molecule has 0 radical (unpaired) electrons. The zero-order valence-corrected chi connectivity index (χ0v) is 31.4. The summed E-state index contributed by atoms with van der Waals surface area (Å²) >= 11 is 0. The average Bonchev–Trinajstić information content (AvgIpc) is 3.57. The van der Waals surface area contributed by atoms with Gasteiger partial charge in [0.15, 0.2) is 5.82 Å². The molecule has 0 atom stereocenters. The molecule has 2 aliphatic rings. The molecule has 0 saturated carbocycles. The van der Waals surface area contributed by atoms with Gasteiger partial charge in [-0.3, -0.25) is 0 Å². The summed E-state index contributed by atoms with van der Waals surface area (Å²) in [4.78, 5) is 10.1. The molecule has 1 aliphatic carbocycles. The first-order valence-corrected chi connectivity index (χ1v) is 19.5. The van der Waals surface area contributed by atoms with Gasteiger partial charge >= 0.3 is 0 Å². The quantitative estimate of drug-likeness (QED) is 0.177. The summed E-state index contributed by atoms with van der Waals surface area (Å²) in [5.41, 5.74) is 17.7. The van der Waals surface area contributed by atoms with Crippen molar-refractivity contribution >= 4 is 0 Å². The van der Waals surface area contributed by atoms with E-state index in [2.05, 4.69) is 183 Å². The van der Waals surface area contributed by atoms with Crippen LogP contribution in [0.5, 0.6) is 11.5 Å². The minimum Gasteiger partial charge on any atom is -0.457 e. The Balaban J connectivity index is 0.997. The Labute approximate surface area is 332 Å². The molecule has 1 aromatic heterocycles. The standard InChI is InChI=1S/C54H36N2O/c1-35-24-25-41(50-34-49(38-14-4-2-5-15-38)55-53(56-50)39-16-6-3-7-17-39)32-44(35)37-28-26-36(27-29-37)40-30-31-52-48(33-40)54(47-22-12-13-23-51(47)57-52)45-20-10-8-18-42(45)43-19-9-11-21-46(43)54/h2-34H,1H3. The van der Waals surface area contributed by atoms with E-state index in [9.17, 15) is 0 Å². The molecule has 0 amide bonds. The number of benzene rings is 8. The first-order chi connectivity index (χ1) is 28.1. The maximum Gasteiger partial charge on any atom is 0.160 e. The SMILES string of the molecule is Cc1ccc(-c2cc(-c3ccccc3)nc(-c3ccccc3)n2)cc1-c1ccc(-c2ccc3c(c2)C2(c4ccccc4O3)c3ccccc3-c3ccccc32)cc1. The van der Waals surface area contributed by atoms with Crippen LogP contribution in [0.2, 0.25) is 0 Å². The molecule has 1 aliphatic heterocycles. The van der Waals surface area contributed by atoms with Gasteiger partial charge < -0.3 is 4.74 Å². The number of fused-ring (bicyclic) bond motifs is 9. The molecule has 0 unspecified atom stereocenters. The Morgan fingerprint density at radius 3 is 1.58 bits per heavy atom. The Morgan fingerprint density at radius 1 is 0.351 bits per heavy atom. The van der Waals surface area contributed by atoms with Crippen molar-refractivity contribution in [1.82, 2.24) is 9.97 Å². The average molecular weight is 729 g/mol. The zero-order chi connectivity index (χ0) is 37.9. The maximum absolute atomic E-state index is 6.68. The number of para-hydroxylation sites is 1. The molecule has 0 N–H and O–H groups in total. The normalized spacial score (nSPS) is 12.9. The van der Waals surface area contributed by atoms with E-state index < -0.39 is 5.41 Å². The summed E-state index contributed by atoms with van der Waals surface area (Å²) in [6.45, 7) is 2.18. The molecular formula is C54H36N2O. The van der Waals surface area contributed by atoms with Crippen LogP contribution in [0.15, 0.2) is 200 Å². The van der Waals surface area contributed by atoms with Crippen molar-refractivity contribution in [2.24, 2.45) is 0 Å². The van der Waals surface area contributed by atoms with Crippen LogP contribution in [0.1, 0.15) is 27.8 Å². The van der Waals surface area contributed by atoms with Crippen molar-refractivity contribution in [3.63, 3.8) is 0 Å². The summed E-state index contributed by atoms with van der Waals surface area (Å²) in [6.07, 6.45) is 0. The summed E-state index contributed by atoms with van der Waals surface area (Å²) in [6, 6.07) is 71.2. The topological polar surface area (TPSA) is 35.0 Å². The van der Waals surface area contributed by atoms with Crippen molar-refractivity contribution < 1.29 is 4.74 Å². The zero-order valence-electron chi connectivity index (χ0n) is 31.4. The molecule has 57 heavy (non-hydrogen) atoms. The van der Waals surface area contributed by atoms with Gasteiger partial charge in [0.1, 0.15) is 11.5 Å². The van der Waals surface area contributed by atoms with Gasteiger partial charge in [0.2, 0.25) is 0 Å². The highest BCUT2D eigenvalue weighted by atomic mass is 16.5. The number of ether oxygens (including phenoxy) is 1.